The van der Waals surface area contributed by atoms with Crippen molar-refractivity contribution in [2.75, 3.05) is 0 Å². The number of phenolic OH excluding ortho intramolecular Hbond substituents is 1. The molecule has 1 aromatic rings. The Labute approximate surface area is 88.7 Å². The van der Waals surface area contributed by atoms with Crippen LogP contribution >= 0.6 is 0 Å². The van der Waals surface area contributed by atoms with Crippen molar-refractivity contribution in [3.63, 3.8) is 0 Å². The minimum Gasteiger partial charge on any atom is -0.508 e. The highest BCUT2D eigenvalue weighted by molar-refractivity contribution is 5.94. The van der Waals surface area contributed by atoms with E-state index in [9.17, 15) is 9.59 Å². The highest BCUT2D eigenvalue weighted by atomic mass is 16.3. The lowest BCUT2D eigenvalue weighted by Crippen LogP contribution is -2.17. The van der Waals surface area contributed by atoms with E-state index in [4.69, 9.17) is 5.11 Å². The van der Waals surface area contributed by atoms with Crippen LogP contribution in [0.15, 0.2) is 24.3 Å². The van der Waals surface area contributed by atoms with Crippen LogP contribution in [0.5, 0.6) is 5.75 Å². The van der Waals surface area contributed by atoms with Crippen molar-refractivity contribution in [3.8, 4) is 5.75 Å². The zero-order valence-corrected chi connectivity index (χ0v) is 8.64. The summed E-state index contributed by atoms with van der Waals surface area (Å²) >= 11 is 0. The van der Waals surface area contributed by atoms with Crippen LogP contribution in [0.25, 0.3) is 0 Å². The van der Waals surface area contributed by atoms with E-state index < -0.39 is 5.92 Å². The molecule has 0 aliphatic carbocycles. The number of phenols is 1. The highest BCUT2D eigenvalue weighted by Gasteiger charge is 2.15. The molecule has 0 aliphatic rings. The molecule has 3 heteroatoms. The minimum absolute atomic E-state index is 0.0711. The molecule has 1 unspecified atom stereocenters. The van der Waals surface area contributed by atoms with Crippen LogP contribution in [-0.4, -0.2) is 17.2 Å². The maximum Gasteiger partial charge on any atom is 0.147 e. The van der Waals surface area contributed by atoms with Crippen molar-refractivity contribution in [1.82, 2.24) is 0 Å². The molecule has 1 N–H and O–H groups in total. The fourth-order valence-corrected chi connectivity index (χ4v) is 1.35. The second kappa shape index (κ2) is 5.29. The summed E-state index contributed by atoms with van der Waals surface area (Å²) in [7, 11) is 0. The molecular weight excluding hydrogens is 192 g/mol. The maximum absolute atomic E-state index is 11.6. The van der Waals surface area contributed by atoms with Gasteiger partial charge in [-0.25, -0.2) is 0 Å². The minimum atomic E-state index is -0.501. The number of hydrogen-bond acceptors (Lipinski definition) is 3. The third kappa shape index (κ3) is 3.20. The van der Waals surface area contributed by atoms with E-state index in [2.05, 4.69) is 0 Å². The van der Waals surface area contributed by atoms with E-state index in [1.54, 1.807) is 12.1 Å². The lowest BCUT2D eigenvalue weighted by atomic mass is 9.97. The zero-order chi connectivity index (χ0) is 11.3. The van der Waals surface area contributed by atoms with Crippen LogP contribution in [0.3, 0.4) is 0 Å². The molecule has 0 saturated carbocycles. The first kappa shape index (κ1) is 11.4. The Morgan fingerprint density at radius 1 is 1.40 bits per heavy atom. The van der Waals surface area contributed by atoms with Crippen LogP contribution in [-0.2, 0) is 16.0 Å². The van der Waals surface area contributed by atoms with Crippen molar-refractivity contribution in [2.45, 2.75) is 19.8 Å². The van der Waals surface area contributed by atoms with Gasteiger partial charge in [0.2, 0.25) is 0 Å². The molecule has 0 amide bonds. The van der Waals surface area contributed by atoms with Gasteiger partial charge in [0.05, 0.1) is 5.92 Å². The number of carbonyl (C=O) groups excluding carboxylic acids is 2. The maximum atomic E-state index is 11.6. The summed E-state index contributed by atoms with van der Waals surface area (Å²) in [6.07, 6.45) is 1.49. The Morgan fingerprint density at radius 3 is 2.47 bits per heavy atom. The lowest BCUT2D eigenvalue weighted by molar-refractivity contribution is -0.126. The second-order valence-corrected chi connectivity index (χ2v) is 3.46. The van der Waals surface area contributed by atoms with Crippen molar-refractivity contribution < 1.29 is 14.7 Å². The van der Waals surface area contributed by atoms with E-state index >= 15 is 0 Å². The summed E-state index contributed by atoms with van der Waals surface area (Å²) in [5.74, 6) is -0.398. The van der Waals surface area contributed by atoms with Gasteiger partial charge in [0.25, 0.3) is 0 Å². The summed E-state index contributed by atoms with van der Waals surface area (Å²) in [5.41, 5.74) is 0.818. The predicted octanol–water partition coefficient (Wildman–Crippen LogP) is 1.73. The third-order valence-corrected chi connectivity index (χ3v) is 2.33. The van der Waals surface area contributed by atoms with Crippen LogP contribution in [0.2, 0.25) is 0 Å². The molecule has 0 aliphatic heterocycles. The number of carbonyl (C=O) groups is 2. The van der Waals surface area contributed by atoms with E-state index in [1.807, 2.05) is 6.92 Å². The Hall–Kier alpha value is -1.64. The highest BCUT2D eigenvalue weighted by Crippen LogP contribution is 2.12. The average Bonchev–Trinajstić information content (AvgIpc) is 2.23. The molecule has 0 aromatic heterocycles. The normalized spacial score (nSPS) is 12.1. The SMILES string of the molecule is CCC(C=O)C(=O)Cc1ccc(O)cc1. The van der Waals surface area contributed by atoms with Gasteiger partial charge >= 0.3 is 0 Å². The van der Waals surface area contributed by atoms with Gasteiger partial charge in [0, 0.05) is 6.42 Å². The van der Waals surface area contributed by atoms with Crippen LogP contribution in [0, 0.1) is 5.92 Å². The molecule has 80 valence electrons. The number of aromatic hydroxyl groups is 1. The van der Waals surface area contributed by atoms with Crippen molar-refractivity contribution in [2.24, 2.45) is 5.92 Å². The van der Waals surface area contributed by atoms with Gasteiger partial charge in [-0.3, -0.25) is 4.79 Å². The predicted molar refractivity (Wildman–Crippen MR) is 56.7 cm³/mol. The lowest BCUT2D eigenvalue weighted by Gasteiger charge is -2.06. The average molecular weight is 206 g/mol. The number of aldehydes is 1. The third-order valence-electron chi connectivity index (χ3n) is 2.33. The van der Waals surface area contributed by atoms with E-state index in [0.29, 0.717) is 12.7 Å². The molecule has 0 radical (unpaired) electrons. The molecule has 0 spiro atoms. The molecular formula is C12H14O3. The Balaban J connectivity index is 2.65. The summed E-state index contributed by atoms with van der Waals surface area (Å²) in [4.78, 5) is 22.1. The number of ketones is 1. The van der Waals surface area contributed by atoms with Gasteiger partial charge in [-0.05, 0) is 24.1 Å². The van der Waals surface area contributed by atoms with E-state index in [-0.39, 0.29) is 18.0 Å². The van der Waals surface area contributed by atoms with E-state index in [1.165, 1.54) is 12.1 Å². The monoisotopic (exact) mass is 206 g/mol. The standard InChI is InChI=1S/C12H14O3/c1-2-10(8-13)12(15)7-9-3-5-11(14)6-4-9/h3-6,8,10,14H,2,7H2,1H3. The number of hydrogen-bond donors (Lipinski definition) is 1. The summed E-state index contributed by atoms with van der Waals surface area (Å²) in [6, 6.07) is 6.43. The van der Waals surface area contributed by atoms with E-state index in [0.717, 1.165) is 5.56 Å². The first-order valence-corrected chi connectivity index (χ1v) is 4.93. The molecule has 0 bridgehead atoms. The van der Waals surface area contributed by atoms with Gasteiger partial charge < -0.3 is 9.90 Å². The number of benzene rings is 1. The van der Waals surface area contributed by atoms with Crippen molar-refractivity contribution in [3.05, 3.63) is 29.8 Å². The second-order valence-electron chi connectivity index (χ2n) is 3.46. The Bertz CT molecular complexity index is 340. The molecule has 0 saturated heterocycles. The summed E-state index contributed by atoms with van der Waals surface area (Å²) in [6.45, 7) is 1.81. The Kier molecular flexibility index (Phi) is 4.03. The largest absolute Gasteiger partial charge is 0.508 e. The first-order valence-electron chi connectivity index (χ1n) is 4.93. The smallest absolute Gasteiger partial charge is 0.147 e. The van der Waals surface area contributed by atoms with Gasteiger partial charge in [0.15, 0.2) is 0 Å². The molecule has 1 aromatic carbocycles. The molecule has 15 heavy (non-hydrogen) atoms. The van der Waals surface area contributed by atoms with Crippen LogP contribution in [0.1, 0.15) is 18.9 Å². The van der Waals surface area contributed by atoms with Crippen LogP contribution < -0.4 is 0 Å². The fourth-order valence-electron chi connectivity index (χ4n) is 1.35. The van der Waals surface area contributed by atoms with Crippen LogP contribution in [0.4, 0.5) is 0 Å². The number of rotatable bonds is 5. The van der Waals surface area contributed by atoms with Gasteiger partial charge in [-0.1, -0.05) is 19.1 Å². The summed E-state index contributed by atoms with van der Waals surface area (Å²) < 4.78 is 0. The van der Waals surface area contributed by atoms with Crippen molar-refractivity contribution in [1.29, 1.82) is 0 Å². The molecule has 0 heterocycles. The summed E-state index contributed by atoms with van der Waals surface area (Å²) in [5, 5.41) is 9.05. The topological polar surface area (TPSA) is 54.4 Å². The molecule has 0 fully saturated rings. The van der Waals surface area contributed by atoms with Gasteiger partial charge in [-0.2, -0.15) is 0 Å². The first-order chi connectivity index (χ1) is 7.17. The Morgan fingerprint density at radius 2 is 2.00 bits per heavy atom. The van der Waals surface area contributed by atoms with Crippen molar-refractivity contribution >= 4 is 12.1 Å². The van der Waals surface area contributed by atoms with Gasteiger partial charge in [0.1, 0.15) is 17.8 Å². The molecule has 1 rings (SSSR count). The number of Topliss-reactive ketones (excluding diaryl/α,β-unsaturated/α-hetero) is 1. The zero-order valence-electron chi connectivity index (χ0n) is 8.64. The fraction of sp³-hybridized carbons (Fsp3) is 0.333. The van der Waals surface area contributed by atoms with Gasteiger partial charge in [-0.15, -0.1) is 0 Å². The molecule has 3 nitrogen and oxygen atoms in total. The quantitative estimate of drug-likeness (QED) is 0.589. The molecule has 1 atom stereocenters.